The van der Waals surface area contributed by atoms with E-state index in [4.69, 9.17) is 11.6 Å². The molecule has 0 aromatic heterocycles. The van der Waals surface area contributed by atoms with Crippen LogP contribution in [0.1, 0.15) is 6.92 Å². The minimum Gasteiger partial charge on any atom is -0.468 e. The lowest BCUT2D eigenvalue weighted by Gasteiger charge is -2.19. The van der Waals surface area contributed by atoms with E-state index in [9.17, 15) is 13.2 Å². The van der Waals surface area contributed by atoms with Crippen LogP contribution in [-0.4, -0.2) is 38.9 Å². The molecule has 0 unspecified atom stereocenters. The van der Waals surface area contributed by atoms with Gasteiger partial charge in [0, 0.05) is 11.6 Å². The fraction of sp³-hybridized carbons (Fsp3) is 0.364. The van der Waals surface area contributed by atoms with Crippen molar-refractivity contribution in [2.45, 2.75) is 11.8 Å². The van der Waals surface area contributed by atoms with Crippen LogP contribution in [0.2, 0.25) is 5.02 Å². The molecule has 1 rings (SSSR count). The number of benzene rings is 1. The molecule has 0 atom stereocenters. The predicted octanol–water partition coefficient (Wildman–Crippen LogP) is 1.52. The molecule has 1 aromatic rings. The summed E-state index contributed by atoms with van der Waals surface area (Å²) in [4.78, 5) is 11.3. The van der Waals surface area contributed by atoms with E-state index >= 15 is 0 Å². The minimum absolute atomic E-state index is 0.0950. The molecule has 0 bridgehead atoms. The van der Waals surface area contributed by atoms with Crippen molar-refractivity contribution in [3.05, 3.63) is 29.3 Å². The number of nitrogens with zero attached hydrogens (tertiary/aromatic N) is 1. The maximum absolute atomic E-state index is 12.2. The molecule has 0 fully saturated rings. The van der Waals surface area contributed by atoms with Crippen LogP contribution in [0, 0.1) is 0 Å². The van der Waals surface area contributed by atoms with E-state index in [0.717, 1.165) is 4.31 Å². The number of ether oxygens (including phenoxy) is 1. The molecule has 0 spiro atoms. The molecule has 0 aliphatic carbocycles. The van der Waals surface area contributed by atoms with Gasteiger partial charge in [0.25, 0.3) is 0 Å². The van der Waals surface area contributed by atoms with Gasteiger partial charge in [-0.05, 0) is 24.3 Å². The molecule has 18 heavy (non-hydrogen) atoms. The second-order valence-corrected chi connectivity index (χ2v) is 5.84. The third-order valence-electron chi connectivity index (χ3n) is 2.34. The number of carbonyl (C=O) groups is 1. The first-order chi connectivity index (χ1) is 8.41. The molecule has 0 amide bonds. The number of carbonyl (C=O) groups excluding carboxylic acids is 1. The van der Waals surface area contributed by atoms with Gasteiger partial charge in [0.2, 0.25) is 10.0 Å². The summed E-state index contributed by atoms with van der Waals surface area (Å²) in [5.74, 6) is -0.602. The van der Waals surface area contributed by atoms with Crippen LogP contribution >= 0.6 is 11.6 Å². The maximum atomic E-state index is 12.2. The van der Waals surface area contributed by atoms with Crippen LogP contribution in [0.5, 0.6) is 0 Å². The number of likely N-dealkylation sites (N-methyl/N-ethyl adjacent to an activating group) is 1. The van der Waals surface area contributed by atoms with Crippen LogP contribution < -0.4 is 0 Å². The molecule has 0 heterocycles. The first-order valence-electron chi connectivity index (χ1n) is 5.24. The lowest BCUT2D eigenvalue weighted by molar-refractivity contribution is -0.140. The van der Waals surface area contributed by atoms with Gasteiger partial charge in [-0.3, -0.25) is 4.79 Å². The van der Waals surface area contributed by atoms with Crippen molar-refractivity contribution in [2.24, 2.45) is 0 Å². The molecular weight excluding hydrogens is 278 g/mol. The Labute approximate surface area is 111 Å². The summed E-state index contributed by atoms with van der Waals surface area (Å²) in [6, 6.07) is 5.77. The summed E-state index contributed by atoms with van der Waals surface area (Å²) >= 11 is 5.70. The van der Waals surface area contributed by atoms with Gasteiger partial charge in [0.15, 0.2) is 0 Å². The van der Waals surface area contributed by atoms with Crippen molar-refractivity contribution < 1.29 is 17.9 Å². The average molecular weight is 292 g/mol. The summed E-state index contributed by atoms with van der Waals surface area (Å²) in [6.07, 6.45) is 0. The number of rotatable bonds is 5. The predicted molar refractivity (Wildman–Crippen MR) is 67.9 cm³/mol. The molecule has 0 N–H and O–H groups in total. The number of halogens is 1. The Morgan fingerprint density at radius 2 is 1.89 bits per heavy atom. The molecule has 0 aliphatic rings. The lowest BCUT2D eigenvalue weighted by atomic mass is 10.4. The van der Waals surface area contributed by atoms with Crippen molar-refractivity contribution in [2.75, 3.05) is 20.2 Å². The van der Waals surface area contributed by atoms with Crippen molar-refractivity contribution in [3.8, 4) is 0 Å². The van der Waals surface area contributed by atoms with E-state index in [1.807, 2.05) is 0 Å². The summed E-state index contributed by atoms with van der Waals surface area (Å²) < 4.78 is 29.9. The normalized spacial score (nSPS) is 11.6. The standard InChI is InChI=1S/C11H14ClNO4S/c1-3-13(8-11(14)17-2)18(15,16)10-6-4-9(12)5-7-10/h4-7H,3,8H2,1-2H3. The van der Waals surface area contributed by atoms with E-state index in [1.165, 1.54) is 31.4 Å². The van der Waals surface area contributed by atoms with Gasteiger partial charge in [0.05, 0.1) is 12.0 Å². The van der Waals surface area contributed by atoms with E-state index < -0.39 is 16.0 Å². The van der Waals surface area contributed by atoms with E-state index in [-0.39, 0.29) is 18.0 Å². The molecule has 1 aromatic carbocycles. The summed E-state index contributed by atoms with van der Waals surface area (Å²) in [7, 11) is -2.49. The van der Waals surface area contributed by atoms with Gasteiger partial charge in [-0.2, -0.15) is 4.31 Å². The number of methoxy groups -OCH3 is 1. The van der Waals surface area contributed by atoms with Crippen LogP contribution in [-0.2, 0) is 19.6 Å². The summed E-state index contributed by atoms with van der Waals surface area (Å²) in [5, 5.41) is 0.449. The highest BCUT2D eigenvalue weighted by molar-refractivity contribution is 7.89. The summed E-state index contributed by atoms with van der Waals surface area (Å²) in [5.41, 5.74) is 0. The maximum Gasteiger partial charge on any atom is 0.321 e. The Balaban J connectivity index is 3.03. The van der Waals surface area contributed by atoms with Crippen molar-refractivity contribution in [3.63, 3.8) is 0 Å². The number of sulfonamides is 1. The monoisotopic (exact) mass is 291 g/mol. The van der Waals surface area contributed by atoms with E-state index in [1.54, 1.807) is 6.92 Å². The molecule has 7 heteroatoms. The smallest absolute Gasteiger partial charge is 0.321 e. The van der Waals surface area contributed by atoms with E-state index in [2.05, 4.69) is 4.74 Å². The van der Waals surface area contributed by atoms with Crippen LogP contribution in [0.15, 0.2) is 29.2 Å². The van der Waals surface area contributed by atoms with Gasteiger partial charge in [-0.25, -0.2) is 8.42 Å². The molecule has 0 aliphatic heterocycles. The van der Waals surface area contributed by atoms with Gasteiger partial charge in [-0.15, -0.1) is 0 Å². The van der Waals surface area contributed by atoms with Crippen LogP contribution in [0.25, 0.3) is 0 Å². The zero-order chi connectivity index (χ0) is 13.8. The first-order valence-corrected chi connectivity index (χ1v) is 7.06. The zero-order valence-electron chi connectivity index (χ0n) is 10.1. The topological polar surface area (TPSA) is 63.7 Å². The van der Waals surface area contributed by atoms with Gasteiger partial charge in [-0.1, -0.05) is 18.5 Å². The average Bonchev–Trinajstić information content (AvgIpc) is 2.35. The Kier molecular flexibility index (Phi) is 5.13. The van der Waals surface area contributed by atoms with Crippen molar-refractivity contribution in [1.29, 1.82) is 0 Å². The third-order valence-corrected chi connectivity index (χ3v) is 4.52. The largest absolute Gasteiger partial charge is 0.468 e. The quantitative estimate of drug-likeness (QED) is 0.772. The Hall–Kier alpha value is -1.11. The van der Waals surface area contributed by atoms with Gasteiger partial charge < -0.3 is 4.74 Å². The van der Waals surface area contributed by atoms with Gasteiger partial charge >= 0.3 is 5.97 Å². The van der Waals surface area contributed by atoms with Crippen molar-refractivity contribution in [1.82, 2.24) is 4.31 Å². The zero-order valence-corrected chi connectivity index (χ0v) is 11.7. The van der Waals surface area contributed by atoms with E-state index in [0.29, 0.717) is 5.02 Å². The molecule has 0 saturated carbocycles. The molecule has 0 radical (unpaired) electrons. The molecular formula is C11H14ClNO4S. The number of hydrogen-bond donors (Lipinski definition) is 0. The Bertz CT molecular complexity index is 512. The highest BCUT2D eigenvalue weighted by Gasteiger charge is 2.25. The van der Waals surface area contributed by atoms with Crippen LogP contribution in [0.4, 0.5) is 0 Å². The van der Waals surface area contributed by atoms with Crippen molar-refractivity contribution >= 4 is 27.6 Å². The second-order valence-electron chi connectivity index (χ2n) is 3.46. The third kappa shape index (κ3) is 3.44. The fourth-order valence-corrected chi connectivity index (χ4v) is 2.85. The number of esters is 1. The minimum atomic E-state index is -3.70. The summed E-state index contributed by atoms with van der Waals surface area (Å²) in [6.45, 7) is 1.52. The molecule has 0 saturated heterocycles. The highest BCUT2D eigenvalue weighted by Crippen LogP contribution is 2.18. The van der Waals surface area contributed by atoms with Gasteiger partial charge in [0.1, 0.15) is 6.54 Å². The second kappa shape index (κ2) is 6.17. The fourth-order valence-electron chi connectivity index (χ4n) is 1.33. The Morgan fingerprint density at radius 1 is 1.33 bits per heavy atom. The highest BCUT2D eigenvalue weighted by atomic mass is 35.5. The number of hydrogen-bond acceptors (Lipinski definition) is 4. The SMILES string of the molecule is CCN(CC(=O)OC)S(=O)(=O)c1ccc(Cl)cc1. The molecule has 100 valence electrons. The molecule has 5 nitrogen and oxygen atoms in total. The van der Waals surface area contributed by atoms with Crippen LogP contribution in [0.3, 0.4) is 0 Å². The Morgan fingerprint density at radius 3 is 2.33 bits per heavy atom. The first kappa shape index (κ1) is 14.9. The lowest BCUT2D eigenvalue weighted by Crippen LogP contribution is -2.36.